The minimum Gasteiger partial charge on any atom is -0.479 e. The molecule has 0 heterocycles. The number of ether oxygens (including phenoxy) is 2. The van der Waals surface area contributed by atoms with Crippen molar-refractivity contribution < 1.29 is 23.5 Å². The van der Waals surface area contributed by atoms with E-state index in [0.29, 0.717) is 16.3 Å². The molecule has 1 atom stereocenters. The molecule has 2 rings (SSSR count). The van der Waals surface area contributed by atoms with Crippen LogP contribution >= 0.6 is 11.6 Å². The molecule has 0 radical (unpaired) electrons. The lowest BCUT2D eigenvalue weighted by Gasteiger charge is -2.19. The number of benzene rings is 2. The third-order valence-corrected chi connectivity index (χ3v) is 4.14. The van der Waals surface area contributed by atoms with Crippen LogP contribution in [0.25, 0.3) is 0 Å². The predicted molar refractivity (Wildman–Crippen MR) is 100 cm³/mol. The van der Waals surface area contributed by atoms with Gasteiger partial charge in [0.15, 0.2) is 12.7 Å². The molecule has 7 heteroatoms. The van der Waals surface area contributed by atoms with Gasteiger partial charge < -0.3 is 14.4 Å². The maximum Gasteiger partial charge on any atom is 0.347 e. The van der Waals surface area contributed by atoms with Crippen LogP contribution in [0.1, 0.15) is 18.1 Å². The fourth-order valence-electron chi connectivity index (χ4n) is 2.31. The number of hydrogen-bond donors (Lipinski definition) is 0. The zero-order valence-corrected chi connectivity index (χ0v) is 16.1. The van der Waals surface area contributed by atoms with Crippen LogP contribution in [-0.2, 0) is 20.9 Å². The van der Waals surface area contributed by atoms with E-state index in [1.54, 1.807) is 43.3 Å². The summed E-state index contributed by atoms with van der Waals surface area (Å²) in [7, 11) is 1.51. The van der Waals surface area contributed by atoms with Gasteiger partial charge in [-0.1, -0.05) is 29.8 Å². The number of aryl methyl sites for hydroxylation is 1. The quantitative estimate of drug-likeness (QED) is 0.672. The Kier molecular flexibility index (Phi) is 7.19. The van der Waals surface area contributed by atoms with Crippen molar-refractivity contribution in [2.24, 2.45) is 0 Å². The van der Waals surface area contributed by atoms with Crippen molar-refractivity contribution in [2.45, 2.75) is 26.5 Å². The van der Waals surface area contributed by atoms with Crippen LogP contribution in [0.5, 0.6) is 5.75 Å². The molecule has 0 spiro atoms. The Balaban J connectivity index is 1.84. The standard InChI is InChI=1S/C20H21ClFNO4/c1-13-10-16(21)8-9-18(13)27-14(2)20(25)26-12-19(24)23(3)11-15-6-4-5-7-17(15)22/h4-10,14H,11-12H2,1-3H3. The summed E-state index contributed by atoms with van der Waals surface area (Å²) in [4.78, 5) is 25.5. The summed E-state index contributed by atoms with van der Waals surface area (Å²) in [5.41, 5.74) is 1.16. The molecule has 0 saturated heterocycles. The van der Waals surface area contributed by atoms with Gasteiger partial charge in [-0.2, -0.15) is 0 Å². The van der Waals surface area contributed by atoms with Gasteiger partial charge in [0.25, 0.3) is 5.91 Å². The number of hydrogen-bond acceptors (Lipinski definition) is 4. The molecule has 0 aliphatic heterocycles. The summed E-state index contributed by atoms with van der Waals surface area (Å²) < 4.78 is 24.2. The number of esters is 1. The maximum atomic E-state index is 13.6. The Morgan fingerprint density at radius 3 is 2.59 bits per heavy atom. The van der Waals surface area contributed by atoms with Crippen molar-refractivity contribution in [3.8, 4) is 5.75 Å². The third kappa shape index (κ3) is 5.96. The first-order chi connectivity index (χ1) is 12.8. The maximum absolute atomic E-state index is 13.6. The summed E-state index contributed by atoms with van der Waals surface area (Å²) in [6, 6.07) is 11.2. The minimum atomic E-state index is -0.894. The number of halogens is 2. The number of carbonyl (C=O) groups excluding carboxylic acids is 2. The second kappa shape index (κ2) is 9.37. The van der Waals surface area contributed by atoms with E-state index < -0.39 is 30.4 Å². The molecule has 1 unspecified atom stereocenters. The van der Waals surface area contributed by atoms with E-state index in [9.17, 15) is 14.0 Å². The highest BCUT2D eigenvalue weighted by Crippen LogP contribution is 2.23. The molecule has 144 valence electrons. The van der Waals surface area contributed by atoms with Crippen LogP contribution in [0.4, 0.5) is 4.39 Å². The monoisotopic (exact) mass is 393 g/mol. The van der Waals surface area contributed by atoms with Gasteiger partial charge >= 0.3 is 5.97 Å². The fraction of sp³-hybridized carbons (Fsp3) is 0.300. The summed E-state index contributed by atoms with van der Waals surface area (Å²) in [6.45, 7) is 2.97. The van der Waals surface area contributed by atoms with Crippen molar-refractivity contribution in [3.05, 3.63) is 64.4 Å². The van der Waals surface area contributed by atoms with E-state index >= 15 is 0 Å². The molecule has 0 saturated carbocycles. The topological polar surface area (TPSA) is 55.8 Å². The van der Waals surface area contributed by atoms with Crippen LogP contribution in [0.2, 0.25) is 5.02 Å². The summed E-state index contributed by atoms with van der Waals surface area (Å²) in [5.74, 6) is -1.00. The molecule has 1 amide bonds. The van der Waals surface area contributed by atoms with Gasteiger partial charge in [0, 0.05) is 24.2 Å². The second-order valence-corrected chi connectivity index (χ2v) is 6.56. The number of likely N-dealkylation sites (N-methyl/N-ethyl adjacent to an activating group) is 1. The minimum absolute atomic E-state index is 0.0824. The SMILES string of the molecule is Cc1cc(Cl)ccc1OC(C)C(=O)OCC(=O)N(C)Cc1ccccc1F. The smallest absolute Gasteiger partial charge is 0.347 e. The molecule has 0 N–H and O–H groups in total. The summed E-state index contributed by atoms with van der Waals surface area (Å²) in [6.07, 6.45) is -0.894. The van der Waals surface area contributed by atoms with Crippen molar-refractivity contribution >= 4 is 23.5 Å². The van der Waals surface area contributed by atoms with E-state index in [4.69, 9.17) is 21.1 Å². The van der Waals surface area contributed by atoms with Crippen LogP contribution in [-0.4, -0.2) is 36.5 Å². The highest BCUT2D eigenvalue weighted by Gasteiger charge is 2.20. The Labute approximate surface area is 162 Å². The van der Waals surface area contributed by atoms with Crippen LogP contribution in [0, 0.1) is 12.7 Å². The lowest BCUT2D eigenvalue weighted by atomic mass is 10.2. The predicted octanol–water partition coefficient (Wildman–Crippen LogP) is 3.76. The molecule has 2 aromatic carbocycles. The van der Waals surface area contributed by atoms with E-state index in [2.05, 4.69) is 0 Å². The van der Waals surface area contributed by atoms with Crippen LogP contribution in [0.3, 0.4) is 0 Å². The molecule has 0 aliphatic rings. The number of rotatable bonds is 7. The third-order valence-electron chi connectivity index (χ3n) is 3.90. The Morgan fingerprint density at radius 2 is 1.93 bits per heavy atom. The van der Waals surface area contributed by atoms with Gasteiger partial charge in [-0.25, -0.2) is 9.18 Å². The van der Waals surface area contributed by atoms with E-state index in [1.807, 2.05) is 0 Å². The number of amides is 1. The molecule has 0 aliphatic carbocycles. The van der Waals surface area contributed by atoms with Gasteiger partial charge in [0.05, 0.1) is 0 Å². The Morgan fingerprint density at radius 1 is 1.22 bits per heavy atom. The lowest BCUT2D eigenvalue weighted by Crippen LogP contribution is -2.34. The van der Waals surface area contributed by atoms with E-state index in [0.717, 1.165) is 5.56 Å². The van der Waals surface area contributed by atoms with Gasteiger partial charge in [-0.3, -0.25) is 4.79 Å². The highest BCUT2D eigenvalue weighted by molar-refractivity contribution is 6.30. The van der Waals surface area contributed by atoms with Gasteiger partial charge in [0.1, 0.15) is 11.6 Å². The van der Waals surface area contributed by atoms with Crippen LogP contribution < -0.4 is 4.74 Å². The average molecular weight is 394 g/mol. The van der Waals surface area contributed by atoms with E-state index in [-0.39, 0.29) is 6.54 Å². The van der Waals surface area contributed by atoms with Crippen molar-refractivity contribution in [3.63, 3.8) is 0 Å². The highest BCUT2D eigenvalue weighted by atomic mass is 35.5. The molecular weight excluding hydrogens is 373 g/mol. The Hall–Kier alpha value is -2.60. The normalized spacial score (nSPS) is 11.6. The lowest BCUT2D eigenvalue weighted by molar-refractivity contribution is -0.157. The summed E-state index contributed by atoms with van der Waals surface area (Å²) >= 11 is 5.89. The zero-order chi connectivity index (χ0) is 20.0. The fourth-order valence-corrected chi connectivity index (χ4v) is 2.54. The van der Waals surface area contributed by atoms with Gasteiger partial charge in [-0.15, -0.1) is 0 Å². The first-order valence-electron chi connectivity index (χ1n) is 8.34. The van der Waals surface area contributed by atoms with Crippen molar-refractivity contribution in [1.82, 2.24) is 4.90 Å². The number of carbonyl (C=O) groups is 2. The van der Waals surface area contributed by atoms with Gasteiger partial charge in [0.2, 0.25) is 0 Å². The second-order valence-electron chi connectivity index (χ2n) is 6.12. The summed E-state index contributed by atoms with van der Waals surface area (Å²) in [5, 5.41) is 0.568. The molecule has 27 heavy (non-hydrogen) atoms. The average Bonchev–Trinajstić information content (AvgIpc) is 2.63. The number of nitrogens with zero attached hydrogens (tertiary/aromatic N) is 1. The molecule has 0 fully saturated rings. The largest absolute Gasteiger partial charge is 0.479 e. The molecule has 2 aromatic rings. The molecule has 5 nitrogen and oxygen atoms in total. The molecule has 0 aromatic heterocycles. The van der Waals surface area contributed by atoms with E-state index in [1.165, 1.54) is 24.9 Å². The van der Waals surface area contributed by atoms with Crippen LogP contribution in [0.15, 0.2) is 42.5 Å². The van der Waals surface area contributed by atoms with Crippen molar-refractivity contribution in [1.29, 1.82) is 0 Å². The first kappa shape index (κ1) is 20.7. The van der Waals surface area contributed by atoms with Crippen molar-refractivity contribution in [2.75, 3.05) is 13.7 Å². The molecular formula is C20H21ClFNO4. The van der Waals surface area contributed by atoms with Gasteiger partial charge in [-0.05, 0) is 43.7 Å². The molecule has 0 bridgehead atoms. The zero-order valence-electron chi connectivity index (χ0n) is 15.4. The Bertz CT molecular complexity index is 827. The first-order valence-corrected chi connectivity index (χ1v) is 8.72.